The van der Waals surface area contributed by atoms with Crippen molar-refractivity contribution in [3.05, 3.63) is 88.3 Å². The van der Waals surface area contributed by atoms with Crippen LogP contribution in [0.3, 0.4) is 0 Å². The Morgan fingerprint density at radius 3 is 2.26 bits per heavy atom. The number of pyridine rings is 1. The van der Waals surface area contributed by atoms with E-state index in [9.17, 15) is 9.59 Å². The van der Waals surface area contributed by atoms with E-state index in [0.29, 0.717) is 29.3 Å². The highest BCUT2D eigenvalue weighted by Crippen LogP contribution is 2.23. The highest BCUT2D eigenvalue weighted by molar-refractivity contribution is 6.04. The van der Waals surface area contributed by atoms with E-state index >= 15 is 0 Å². The van der Waals surface area contributed by atoms with Crippen molar-refractivity contribution in [1.29, 1.82) is 0 Å². The van der Waals surface area contributed by atoms with Crippen LogP contribution in [0, 0.1) is 0 Å². The average Bonchev–Trinajstić information content (AvgIpc) is 2.70. The molecule has 2 aromatic carbocycles. The molecular weight excluding hydrogens is 344 g/mol. The Balaban J connectivity index is 1.85. The summed E-state index contributed by atoms with van der Waals surface area (Å²) in [5, 5.41) is 2.81. The van der Waals surface area contributed by atoms with Crippen molar-refractivity contribution in [3.63, 3.8) is 0 Å². The molecule has 27 heavy (non-hydrogen) atoms. The van der Waals surface area contributed by atoms with Crippen LogP contribution >= 0.6 is 0 Å². The number of hydrogen-bond acceptors (Lipinski definition) is 4. The molecule has 1 N–H and O–H groups in total. The molecule has 1 heterocycles. The van der Waals surface area contributed by atoms with Crippen LogP contribution in [0.4, 0.5) is 5.69 Å². The number of anilines is 1. The molecule has 6 heteroatoms. The number of methoxy groups -OCH3 is 2. The molecule has 0 atom stereocenters. The SMILES string of the molecule is COc1cc(Cn2cc(C(=O)Nc3ccccc3)ccc2=O)cc(OC)c1. The highest BCUT2D eigenvalue weighted by atomic mass is 16.5. The quantitative estimate of drug-likeness (QED) is 0.729. The lowest BCUT2D eigenvalue weighted by Gasteiger charge is -2.11. The van der Waals surface area contributed by atoms with Crippen molar-refractivity contribution >= 4 is 11.6 Å². The van der Waals surface area contributed by atoms with E-state index in [4.69, 9.17) is 9.47 Å². The number of nitrogens with one attached hydrogen (secondary N) is 1. The summed E-state index contributed by atoms with van der Waals surface area (Å²) in [4.78, 5) is 24.7. The molecule has 138 valence electrons. The Morgan fingerprint density at radius 2 is 1.63 bits per heavy atom. The molecule has 0 aliphatic heterocycles. The third-order valence-electron chi connectivity index (χ3n) is 4.04. The zero-order valence-corrected chi connectivity index (χ0v) is 15.1. The summed E-state index contributed by atoms with van der Waals surface area (Å²) < 4.78 is 12.0. The molecule has 0 fully saturated rings. The van der Waals surface area contributed by atoms with Crippen molar-refractivity contribution in [2.75, 3.05) is 19.5 Å². The molecule has 0 bridgehead atoms. The number of amides is 1. The van der Waals surface area contributed by atoms with Crippen molar-refractivity contribution in [2.45, 2.75) is 6.54 Å². The minimum atomic E-state index is -0.279. The fraction of sp³-hybridized carbons (Fsp3) is 0.143. The van der Waals surface area contributed by atoms with E-state index in [0.717, 1.165) is 5.56 Å². The molecule has 0 saturated heterocycles. The van der Waals surface area contributed by atoms with Gasteiger partial charge in [0.25, 0.3) is 11.5 Å². The molecule has 0 radical (unpaired) electrons. The van der Waals surface area contributed by atoms with Gasteiger partial charge in [-0.2, -0.15) is 0 Å². The first-order valence-electron chi connectivity index (χ1n) is 8.38. The Labute approximate surface area is 157 Å². The van der Waals surface area contributed by atoms with Gasteiger partial charge in [-0.15, -0.1) is 0 Å². The summed E-state index contributed by atoms with van der Waals surface area (Å²) in [6.07, 6.45) is 1.55. The molecule has 1 amide bonds. The van der Waals surface area contributed by atoms with Gasteiger partial charge in [0.1, 0.15) is 11.5 Å². The molecule has 3 rings (SSSR count). The second kappa shape index (κ2) is 8.23. The smallest absolute Gasteiger partial charge is 0.257 e. The number of para-hydroxylation sites is 1. The van der Waals surface area contributed by atoms with Crippen LogP contribution in [0.15, 0.2) is 71.7 Å². The van der Waals surface area contributed by atoms with Gasteiger partial charge in [0, 0.05) is 24.0 Å². The average molecular weight is 364 g/mol. The third kappa shape index (κ3) is 4.55. The first-order valence-corrected chi connectivity index (χ1v) is 8.38. The normalized spacial score (nSPS) is 10.3. The Bertz CT molecular complexity index is 974. The standard InChI is InChI=1S/C21H20N2O4/c1-26-18-10-15(11-19(12-18)27-2)13-23-14-16(8-9-20(23)24)21(25)22-17-6-4-3-5-7-17/h3-12,14H,13H2,1-2H3,(H,22,25). The zero-order chi connectivity index (χ0) is 19.2. The van der Waals surface area contributed by atoms with Gasteiger partial charge >= 0.3 is 0 Å². The van der Waals surface area contributed by atoms with Gasteiger partial charge in [0.2, 0.25) is 0 Å². The highest BCUT2D eigenvalue weighted by Gasteiger charge is 2.09. The largest absolute Gasteiger partial charge is 0.497 e. The van der Waals surface area contributed by atoms with Crippen LogP contribution in [-0.2, 0) is 6.54 Å². The molecule has 6 nitrogen and oxygen atoms in total. The summed E-state index contributed by atoms with van der Waals surface area (Å²) >= 11 is 0. The monoisotopic (exact) mass is 364 g/mol. The zero-order valence-electron chi connectivity index (χ0n) is 15.1. The number of rotatable bonds is 6. The molecule has 1 aromatic heterocycles. The van der Waals surface area contributed by atoms with Gasteiger partial charge in [-0.05, 0) is 35.9 Å². The van der Waals surface area contributed by atoms with Crippen LogP contribution in [0.25, 0.3) is 0 Å². The fourth-order valence-electron chi connectivity index (χ4n) is 2.67. The first-order chi connectivity index (χ1) is 13.1. The van der Waals surface area contributed by atoms with Crippen LogP contribution in [0.5, 0.6) is 11.5 Å². The van der Waals surface area contributed by atoms with Crippen molar-refractivity contribution in [3.8, 4) is 11.5 Å². The molecule has 0 aliphatic rings. The Morgan fingerprint density at radius 1 is 0.963 bits per heavy atom. The predicted molar refractivity (Wildman–Crippen MR) is 104 cm³/mol. The number of aromatic nitrogens is 1. The van der Waals surface area contributed by atoms with Gasteiger partial charge in [0.15, 0.2) is 0 Å². The minimum absolute atomic E-state index is 0.201. The van der Waals surface area contributed by atoms with E-state index in [1.165, 1.54) is 16.7 Å². The topological polar surface area (TPSA) is 69.6 Å². The maximum absolute atomic E-state index is 12.5. The van der Waals surface area contributed by atoms with Crippen LogP contribution < -0.4 is 20.3 Å². The van der Waals surface area contributed by atoms with E-state index in [-0.39, 0.29) is 11.5 Å². The lowest BCUT2D eigenvalue weighted by molar-refractivity contribution is 0.102. The van der Waals surface area contributed by atoms with E-state index < -0.39 is 0 Å². The molecule has 0 aliphatic carbocycles. The molecule has 3 aromatic rings. The second-order valence-corrected chi connectivity index (χ2v) is 5.92. The van der Waals surface area contributed by atoms with E-state index in [1.807, 2.05) is 30.3 Å². The molecule has 0 unspecified atom stereocenters. The number of ether oxygens (including phenoxy) is 2. The van der Waals surface area contributed by atoms with Crippen molar-refractivity contribution < 1.29 is 14.3 Å². The Hall–Kier alpha value is -3.54. The van der Waals surface area contributed by atoms with Crippen LogP contribution in [0.2, 0.25) is 0 Å². The lowest BCUT2D eigenvalue weighted by Crippen LogP contribution is -2.22. The van der Waals surface area contributed by atoms with Gasteiger partial charge < -0.3 is 19.4 Å². The maximum atomic E-state index is 12.5. The summed E-state index contributed by atoms with van der Waals surface area (Å²) in [5.41, 5.74) is 1.72. The number of benzene rings is 2. The van der Waals surface area contributed by atoms with Crippen LogP contribution in [-0.4, -0.2) is 24.7 Å². The van der Waals surface area contributed by atoms with E-state index in [1.54, 1.807) is 38.6 Å². The summed E-state index contributed by atoms with van der Waals surface area (Å²) in [6, 6.07) is 17.5. The Kier molecular flexibility index (Phi) is 5.56. The second-order valence-electron chi connectivity index (χ2n) is 5.92. The fourth-order valence-corrected chi connectivity index (χ4v) is 2.67. The lowest BCUT2D eigenvalue weighted by atomic mass is 10.2. The first kappa shape index (κ1) is 18.3. The van der Waals surface area contributed by atoms with Crippen molar-refractivity contribution in [2.24, 2.45) is 0 Å². The summed E-state index contributed by atoms with van der Waals surface area (Å²) in [7, 11) is 3.14. The van der Waals surface area contributed by atoms with Gasteiger partial charge in [-0.1, -0.05) is 18.2 Å². The number of carbonyl (C=O) groups is 1. The third-order valence-corrected chi connectivity index (χ3v) is 4.04. The number of nitrogens with zero attached hydrogens (tertiary/aromatic N) is 1. The number of carbonyl (C=O) groups excluding carboxylic acids is 1. The molecular formula is C21H20N2O4. The van der Waals surface area contributed by atoms with Crippen molar-refractivity contribution in [1.82, 2.24) is 4.57 Å². The van der Waals surface area contributed by atoms with E-state index in [2.05, 4.69) is 5.32 Å². The summed E-state index contributed by atoms with van der Waals surface area (Å²) in [6.45, 7) is 0.291. The van der Waals surface area contributed by atoms with Crippen LogP contribution in [0.1, 0.15) is 15.9 Å². The number of hydrogen-bond donors (Lipinski definition) is 1. The van der Waals surface area contributed by atoms with Gasteiger partial charge in [-0.25, -0.2) is 0 Å². The maximum Gasteiger partial charge on any atom is 0.257 e. The molecule has 0 saturated carbocycles. The summed E-state index contributed by atoms with van der Waals surface area (Å²) in [5.74, 6) is 0.990. The minimum Gasteiger partial charge on any atom is -0.497 e. The van der Waals surface area contributed by atoms with Gasteiger partial charge in [-0.3, -0.25) is 9.59 Å². The molecule has 0 spiro atoms. The predicted octanol–water partition coefficient (Wildman–Crippen LogP) is 3.17. The van der Waals surface area contributed by atoms with Gasteiger partial charge in [0.05, 0.1) is 26.3 Å².